The molecule has 0 bridgehead atoms. The van der Waals surface area contributed by atoms with E-state index in [1.807, 2.05) is 44.4 Å². The molecule has 0 unspecified atom stereocenters. The Morgan fingerprint density at radius 2 is 1.80 bits per heavy atom. The minimum absolute atomic E-state index is 0.255. The van der Waals surface area contributed by atoms with E-state index in [2.05, 4.69) is 5.32 Å². The van der Waals surface area contributed by atoms with Crippen LogP contribution >= 0.6 is 11.3 Å². The van der Waals surface area contributed by atoms with Crippen LogP contribution in [0.3, 0.4) is 0 Å². The highest BCUT2D eigenvalue weighted by Crippen LogP contribution is 2.38. The quantitative estimate of drug-likeness (QED) is 0.484. The first-order valence-corrected chi connectivity index (χ1v) is 10.7. The third-order valence-corrected chi connectivity index (χ3v) is 5.48. The van der Waals surface area contributed by atoms with Crippen LogP contribution in [0.5, 0.6) is 5.75 Å². The number of esters is 1. The van der Waals surface area contributed by atoms with Crippen LogP contribution in [0.15, 0.2) is 47.8 Å². The summed E-state index contributed by atoms with van der Waals surface area (Å²) in [4.78, 5) is 25.6. The molecule has 0 aliphatic rings. The van der Waals surface area contributed by atoms with Gasteiger partial charge in [-0.3, -0.25) is 4.79 Å². The molecule has 0 radical (unpaired) electrons. The molecule has 1 heterocycles. The van der Waals surface area contributed by atoms with Crippen molar-refractivity contribution in [1.29, 1.82) is 0 Å². The minimum atomic E-state index is -0.451. The lowest BCUT2D eigenvalue weighted by Gasteiger charge is -2.11. The average molecular weight is 424 g/mol. The van der Waals surface area contributed by atoms with E-state index in [0.717, 1.165) is 22.3 Å². The average Bonchev–Trinajstić information content (AvgIpc) is 3.14. The van der Waals surface area contributed by atoms with Crippen molar-refractivity contribution in [3.63, 3.8) is 0 Å². The number of anilines is 1. The number of benzene rings is 2. The van der Waals surface area contributed by atoms with Crippen molar-refractivity contribution in [1.82, 2.24) is 0 Å². The van der Waals surface area contributed by atoms with Crippen molar-refractivity contribution >= 4 is 28.2 Å². The number of nitrogens with one attached hydrogen (secondary N) is 1. The summed E-state index contributed by atoms with van der Waals surface area (Å²) >= 11 is 1.31. The SMILES string of the molecule is CCOC(=O)c1c(-c2cc(C)ccc2C)csc1NC(=O)c1cccc(OCC)c1. The fourth-order valence-corrected chi connectivity index (χ4v) is 4.09. The van der Waals surface area contributed by atoms with Crippen molar-refractivity contribution in [2.24, 2.45) is 0 Å². The number of carbonyl (C=O) groups is 2. The third-order valence-electron chi connectivity index (χ3n) is 4.59. The molecule has 5 nitrogen and oxygen atoms in total. The second-order valence-electron chi connectivity index (χ2n) is 6.81. The van der Waals surface area contributed by atoms with E-state index >= 15 is 0 Å². The molecule has 3 rings (SSSR count). The Hall–Kier alpha value is -3.12. The number of thiophene rings is 1. The lowest BCUT2D eigenvalue weighted by molar-refractivity contribution is 0.0529. The summed E-state index contributed by atoms with van der Waals surface area (Å²) in [5.74, 6) is -0.137. The van der Waals surface area contributed by atoms with Crippen molar-refractivity contribution in [2.45, 2.75) is 27.7 Å². The van der Waals surface area contributed by atoms with Gasteiger partial charge < -0.3 is 14.8 Å². The Labute approximate surface area is 180 Å². The standard InChI is InChI=1S/C24H25NO4S/c1-5-28-18-9-7-8-17(13-18)22(26)25-23-21(24(27)29-6-2)20(14-30-23)19-12-15(3)10-11-16(19)4/h7-14H,5-6H2,1-4H3,(H,25,26). The van der Waals surface area contributed by atoms with Gasteiger partial charge in [0.15, 0.2) is 0 Å². The summed E-state index contributed by atoms with van der Waals surface area (Å²) < 4.78 is 10.8. The van der Waals surface area contributed by atoms with Crippen molar-refractivity contribution in [3.8, 4) is 16.9 Å². The molecule has 1 aromatic heterocycles. The van der Waals surface area contributed by atoms with Gasteiger partial charge >= 0.3 is 5.97 Å². The Balaban J connectivity index is 2.00. The van der Waals surface area contributed by atoms with E-state index in [9.17, 15) is 9.59 Å². The molecule has 0 spiro atoms. The molecule has 0 saturated carbocycles. The van der Waals surface area contributed by atoms with Gasteiger partial charge in [0.25, 0.3) is 5.91 Å². The number of ether oxygens (including phenoxy) is 2. The summed E-state index contributed by atoms with van der Waals surface area (Å²) in [7, 11) is 0. The van der Waals surface area contributed by atoms with Gasteiger partial charge in [-0.15, -0.1) is 11.3 Å². The normalized spacial score (nSPS) is 10.5. The summed E-state index contributed by atoms with van der Waals surface area (Å²) in [6, 6.07) is 13.1. The lowest BCUT2D eigenvalue weighted by atomic mass is 9.97. The maximum Gasteiger partial charge on any atom is 0.341 e. The Morgan fingerprint density at radius 1 is 1.00 bits per heavy atom. The van der Waals surface area contributed by atoms with Gasteiger partial charge in [0.2, 0.25) is 0 Å². The molecule has 3 aromatic rings. The highest BCUT2D eigenvalue weighted by molar-refractivity contribution is 7.15. The number of hydrogen-bond donors (Lipinski definition) is 1. The first-order valence-electron chi connectivity index (χ1n) is 9.85. The van der Waals surface area contributed by atoms with Gasteiger partial charge in [-0.1, -0.05) is 29.8 Å². The van der Waals surface area contributed by atoms with E-state index in [4.69, 9.17) is 9.47 Å². The zero-order valence-electron chi connectivity index (χ0n) is 17.6. The van der Waals surface area contributed by atoms with Crippen LogP contribution in [0, 0.1) is 13.8 Å². The van der Waals surface area contributed by atoms with Crippen LogP contribution in [-0.2, 0) is 4.74 Å². The molecule has 0 saturated heterocycles. The van der Waals surface area contributed by atoms with E-state index in [0.29, 0.717) is 28.5 Å². The zero-order chi connectivity index (χ0) is 21.7. The molecular weight excluding hydrogens is 398 g/mol. The number of amides is 1. The van der Waals surface area contributed by atoms with Crippen LogP contribution in [0.4, 0.5) is 5.00 Å². The summed E-state index contributed by atoms with van der Waals surface area (Å²) in [5, 5.41) is 5.24. The molecule has 0 atom stereocenters. The number of carbonyl (C=O) groups excluding carboxylic acids is 2. The molecule has 1 amide bonds. The number of aryl methyl sites for hydroxylation is 2. The van der Waals surface area contributed by atoms with Gasteiger partial charge in [0.05, 0.1) is 13.2 Å². The topological polar surface area (TPSA) is 64.6 Å². The van der Waals surface area contributed by atoms with E-state index in [1.54, 1.807) is 31.2 Å². The molecule has 1 N–H and O–H groups in total. The molecule has 0 aliphatic carbocycles. The zero-order valence-corrected chi connectivity index (χ0v) is 18.4. The van der Waals surface area contributed by atoms with Gasteiger partial charge in [0.1, 0.15) is 16.3 Å². The van der Waals surface area contributed by atoms with E-state index < -0.39 is 5.97 Å². The van der Waals surface area contributed by atoms with Gasteiger partial charge in [0, 0.05) is 16.5 Å². The molecule has 0 aliphatic heterocycles. The first-order chi connectivity index (χ1) is 14.4. The largest absolute Gasteiger partial charge is 0.494 e. The second-order valence-corrected chi connectivity index (χ2v) is 7.69. The van der Waals surface area contributed by atoms with Crippen molar-refractivity contribution in [3.05, 3.63) is 70.1 Å². The molecular formula is C24H25NO4S. The van der Waals surface area contributed by atoms with Crippen LogP contribution in [0.2, 0.25) is 0 Å². The smallest absolute Gasteiger partial charge is 0.341 e. The second kappa shape index (κ2) is 9.59. The van der Waals surface area contributed by atoms with Crippen molar-refractivity contribution < 1.29 is 19.1 Å². The Kier molecular flexibility index (Phi) is 6.90. The van der Waals surface area contributed by atoms with E-state index in [1.165, 1.54) is 11.3 Å². The minimum Gasteiger partial charge on any atom is -0.494 e. The highest BCUT2D eigenvalue weighted by atomic mass is 32.1. The number of rotatable bonds is 7. The third kappa shape index (κ3) is 4.71. The van der Waals surface area contributed by atoms with Gasteiger partial charge in [-0.2, -0.15) is 0 Å². The van der Waals surface area contributed by atoms with E-state index in [-0.39, 0.29) is 12.5 Å². The van der Waals surface area contributed by atoms with Crippen LogP contribution < -0.4 is 10.1 Å². The monoisotopic (exact) mass is 423 g/mol. The fraction of sp³-hybridized carbons (Fsp3) is 0.250. The molecule has 6 heteroatoms. The molecule has 156 valence electrons. The first kappa shape index (κ1) is 21.6. The van der Waals surface area contributed by atoms with Crippen LogP contribution in [0.1, 0.15) is 45.7 Å². The predicted octanol–water partition coefficient (Wildman–Crippen LogP) is 5.86. The lowest BCUT2D eigenvalue weighted by Crippen LogP contribution is -2.15. The fourth-order valence-electron chi connectivity index (χ4n) is 3.15. The summed E-state index contributed by atoms with van der Waals surface area (Å²) in [6.07, 6.45) is 0. The number of hydrogen-bond acceptors (Lipinski definition) is 5. The predicted molar refractivity (Wildman–Crippen MR) is 121 cm³/mol. The Bertz CT molecular complexity index is 1070. The molecule has 30 heavy (non-hydrogen) atoms. The van der Waals surface area contributed by atoms with Crippen LogP contribution in [0.25, 0.3) is 11.1 Å². The molecule has 2 aromatic carbocycles. The Morgan fingerprint density at radius 3 is 2.53 bits per heavy atom. The van der Waals surface area contributed by atoms with Crippen molar-refractivity contribution in [2.75, 3.05) is 18.5 Å². The van der Waals surface area contributed by atoms with Gasteiger partial charge in [-0.25, -0.2) is 4.79 Å². The summed E-state index contributed by atoms with van der Waals surface area (Å²) in [6.45, 7) is 8.43. The summed E-state index contributed by atoms with van der Waals surface area (Å²) in [5.41, 5.74) is 4.69. The maximum atomic E-state index is 12.9. The highest BCUT2D eigenvalue weighted by Gasteiger charge is 2.24. The maximum absolute atomic E-state index is 12.9. The van der Waals surface area contributed by atoms with Gasteiger partial charge in [-0.05, 0) is 57.0 Å². The van der Waals surface area contributed by atoms with Crippen LogP contribution in [-0.4, -0.2) is 25.1 Å². The molecule has 0 fully saturated rings.